The highest BCUT2D eigenvalue weighted by Crippen LogP contribution is 2.31. The molecule has 0 amide bonds. The molecule has 0 atom stereocenters. The normalized spacial score (nSPS) is 10.2. The Morgan fingerprint density at radius 2 is 2.14 bits per heavy atom. The molecule has 0 fully saturated rings. The van der Waals surface area contributed by atoms with Gasteiger partial charge in [0.05, 0.1) is 10.5 Å². The Hall–Kier alpha value is -2.67. The zero-order chi connectivity index (χ0) is 15.6. The Balaban J connectivity index is 2.36. The largest absolute Gasteiger partial charge is 0.478 e. The van der Waals surface area contributed by atoms with Gasteiger partial charge < -0.3 is 9.84 Å². The van der Waals surface area contributed by atoms with Crippen molar-refractivity contribution >= 4 is 23.3 Å². The van der Waals surface area contributed by atoms with E-state index in [1.807, 2.05) is 0 Å². The number of aryl methyl sites for hydroxylation is 1. The van der Waals surface area contributed by atoms with Crippen molar-refractivity contribution in [3.63, 3.8) is 0 Å². The Morgan fingerprint density at radius 1 is 1.43 bits per heavy atom. The van der Waals surface area contributed by atoms with Crippen LogP contribution in [0, 0.1) is 17.0 Å². The molecule has 1 aromatic carbocycles. The maximum absolute atomic E-state index is 10.9. The average Bonchev–Trinajstić information content (AvgIpc) is 2.42. The summed E-state index contributed by atoms with van der Waals surface area (Å²) in [5.41, 5.74) is 0.466. The number of pyridine rings is 1. The van der Waals surface area contributed by atoms with Crippen LogP contribution in [-0.2, 0) is 0 Å². The highest BCUT2D eigenvalue weighted by atomic mass is 35.5. The second-order valence-corrected chi connectivity index (χ2v) is 4.53. The van der Waals surface area contributed by atoms with Crippen molar-refractivity contribution in [3.05, 3.63) is 56.7 Å². The molecule has 0 bridgehead atoms. The third-order valence-electron chi connectivity index (χ3n) is 2.65. The zero-order valence-electron chi connectivity index (χ0n) is 10.7. The van der Waals surface area contributed by atoms with Crippen molar-refractivity contribution in [2.45, 2.75) is 6.92 Å². The lowest BCUT2D eigenvalue weighted by molar-refractivity contribution is -0.385. The summed E-state index contributed by atoms with van der Waals surface area (Å²) in [7, 11) is 0. The average molecular weight is 309 g/mol. The lowest BCUT2D eigenvalue weighted by atomic mass is 10.1. The van der Waals surface area contributed by atoms with Crippen LogP contribution in [0.15, 0.2) is 30.5 Å². The van der Waals surface area contributed by atoms with Crippen molar-refractivity contribution in [3.8, 4) is 11.6 Å². The van der Waals surface area contributed by atoms with E-state index in [1.165, 1.54) is 12.1 Å². The molecule has 1 N–H and O–H groups in total. The number of carbonyl (C=O) groups is 1. The van der Waals surface area contributed by atoms with Crippen LogP contribution >= 0.6 is 11.6 Å². The molecule has 0 radical (unpaired) electrons. The third-order valence-corrected chi connectivity index (χ3v) is 2.92. The predicted octanol–water partition coefficient (Wildman–Crippen LogP) is 3.44. The summed E-state index contributed by atoms with van der Waals surface area (Å²) in [6.45, 7) is 1.72. The molecule has 0 saturated carbocycles. The SMILES string of the molecule is Cc1ccc(C(=O)O)cc1Oc1ncc([N+](=O)[O-])cc1Cl. The monoisotopic (exact) mass is 308 g/mol. The van der Waals surface area contributed by atoms with Crippen LogP contribution in [0.25, 0.3) is 0 Å². The van der Waals surface area contributed by atoms with Crippen LogP contribution in [-0.4, -0.2) is 21.0 Å². The summed E-state index contributed by atoms with van der Waals surface area (Å²) in [6.07, 6.45) is 1.01. The number of halogens is 1. The molecule has 0 unspecified atom stereocenters. The van der Waals surface area contributed by atoms with E-state index in [2.05, 4.69) is 4.98 Å². The van der Waals surface area contributed by atoms with Gasteiger partial charge in [-0.1, -0.05) is 17.7 Å². The molecule has 1 heterocycles. The van der Waals surface area contributed by atoms with Gasteiger partial charge in [0.15, 0.2) is 0 Å². The number of hydrogen-bond acceptors (Lipinski definition) is 5. The fraction of sp³-hybridized carbons (Fsp3) is 0.0769. The number of hydrogen-bond donors (Lipinski definition) is 1. The number of nitrogens with zero attached hydrogens (tertiary/aromatic N) is 2. The smallest absolute Gasteiger partial charge is 0.335 e. The van der Waals surface area contributed by atoms with Crippen molar-refractivity contribution in [2.75, 3.05) is 0 Å². The molecule has 7 nitrogen and oxygen atoms in total. The number of nitro groups is 1. The fourth-order valence-corrected chi connectivity index (χ4v) is 1.74. The summed E-state index contributed by atoms with van der Waals surface area (Å²) < 4.78 is 5.44. The van der Waals surface area contributed by atoms with Crippen LogP contribution in [0.2, 0.25) is 5.02 Å². The number of aromatic nitrogens is 1. The van der Waals surface area contributed by atoms with E-state index < -0.39 is 10.9 Å². The molecular formula is C13H9ClN2O5. The van der Waals surface area contributed by atoms with Crippen LogP contribution < -0.4 is 4.74 Å². The van der Waals surface area contributed by atoms with Crippen molar-refractivity contribution in [1.82, 2.24) is 4.98 Å². The maximum atomic E-state index is 10.9. The van der Waals surface area contributed by atoms with E-state index in [0.29, 0.717) is 5.56 Å². The number of carboxylic acids is 1. The summed E-state index contributed by atoms with van der Waals surface area (Å²) in [5, 5.41) is 19.5. The Labute approximate surface area is 123 Å². The van der Waals surface area contributed by atoms with E-state index in [0.717, 1.165) is 12.3 Å². The fourth-order valence-electron chi connectivity index (χ4n) is 1.54. The Kier molecular flexibility index (Phi) is 4.04. The lowest BCUT2D eigenvalue weighted by Crippen LogP contribution is -1.99. The summed E-state index contributed by atoms with van der Waals surface area (Å²) >= 11 is 5.87. The molecule has 0 saturated heterocycles. The zero-order valence-corrected chi connectivity index (χ0v) is 11.5. The minimum absolute atomic E-state index is 0.0343. The van der Waals surface area contributed by atoms with Gasteiger partial charge in [0.2, 0.25) is 5.88 Å². The van der Waals surface area contributed by atoms with Crippen LogP contribution in [0.4, 0.5) is 5.69 Å². The van der Waals surface area contributed by atoms with Gasteiger partial charge in [-0.15, -0.1) is 0 Å². The van der Waals surface area contributed by atoms with Gasteiger partial charge in [0.1, 0.15) is 17.0 Å². The van der Waals surface area contributed by atoms with E-state index >= 15 is 0 Å². The number of carboxylic acid groups (broad SMARTS) is 1. The molecule has 8 heteroatoms. The highest BCUT2D eigenvalue weighted by Gasteiger charge is 2.14. The first-order valence-electron chi connectivity index (χ1n) is 5.70. The minimum atomic E-state index is -1.09. The van der Waals surface area contributed by atoms with Crippen LogP contribution in [0.1, 0.15) is 15.9 Å². The maximum Gasteiger partial charge on any atom is 0.335 e. The summed E-state index contributed by atoms with van der Waals surface area (Å²) in [6, 6.07) is 5.46. The quantitative estimate of drug-likeness (QED) is 0.685. The molecule has 0 aliphatic rings. The number of aromatic carboxylic acids is 1. The Morgan fingerprint density at radius 3 is 2.71 bits per heavy atom. The van der Waals surface area contributed by atoms with E-state index in [-0.39, 0.29) is 27.9 Å². The van der Waals surface area contributed by atoms with Gasteiger partial charge >= 0.3 is 5.97 Å². The molecule has 0 spiro atoms. The van der Waals surface area contributed by atoms with E-state index in [1.54, 1.807) is 13.0 Å². The highest BCUT2D eigenvalue weighted by molar-refractivity contribution is 6.32. The topological polar surface area (TPSA) is 103 Å². The first-order valence-corrected chi connectivity index (χ1v) is 6.08. The molecular weight excluding hydrogens is 300 g/mol. The van der Waals surface area contributed by atoms with E-state index in [4.69, 9.17) is 21.4 Å². The minimum Gasteiger partial charge on any atom is -0.478 e. The van der Waals surface area contributed by atoms with Gasteiger partial charge in [-0.3, -0.25) is 10.1 Å². The molecule has 108 valence electrons. The molecule has 2 rings (SSSR count). The number of benzene rings is 1. The van der Waals surface area contributed by atoms with Gasteiger partial charge in [-0.25, -0.2) is 9.78 Å². The molecule has 0 aliphatic heterocycles. The molecule has 21 heavy (non-hydrogen) atoms. The molecule has 0 aliphatic carbocycles. The lowest BCUT2D eigenvalue weighted by Gasteiger charge is -2.09. The van der Waals surface area contributed by atoms with Crippen molar-refractivity contribution in [2.24, 2.45) is 0 Å². The third kappa shape index (κ3) is 3.26. The second kappa shape index (κ2) is 5.76. The van der Waals surface area contributed by atoms with Crippen LogP contribution in [0.3, 0.4) is 0 Å². The first kappa shape index (κ1) is 14.7. The van der Waals surface area contributed by atoms with Crippen LogP contribution in [0.5, 0.6) is 11.6 Å². The summed E-state index contributed by atoms with van der Waals surface area (Å²) in [5.74, 6) is -0.867. The van der Waals surface area contributed by atoms with Gasteiger partial charge in [-0.05, 0) is 24.6 Å². The van der Waals surface area contributed by atoms with Gasteiger partial charge in [0, 0.05) is 6.07 Å². The van der Waals surface area contributed by atoms with Gasteiger partial charge in [0.25, 0.3) is 5.69 Å². The van der Waals surface area contributed by atoms with Crippen molar-refractivity contribution < 1.29 is 19.6 Å². The number of ether oxygens (including phenoxy) is 1. The first-order chi connectivity index (χ1) is 9.88. The molecule has 2 aromatic rings. The second-order valence-electron chi connectivity index (χ2n) is 4.13. The molecule has 1 aromatic heterocycles. The number of rotatable bonds is 4. The van der Waals surface area contributed by atoms with E-state index in [9.17, 15) is 14.9 Å². The predicted molar refractivity (Wildman–Crippen MR) is 74.1 cm³/mol. The standard InChI is InChI=1S/C13H9ClN2O5/c1-7-2-3-8(13(17)18)4-11(7)21-12-10(14)5-9(6-15-12)16(19)20/h2-6H,1H3,(H,17,18). The van der Waals surface area contributed by atoms with Gasteiger partial charge in [-0.2, -0.15) is 0 Å². The summed E-state index contributed by atoms with van der Waals surface area (Å²) in [4.78, 5) is 24.7. The Bertz CT molecular complexity index is 732. The van der Waals surface area contributed by atoms with Crippen molar-refractivity contribution in [1.29, 1.82) is 0 Å².